The smallest absolute Gasteiger partial charge is 0.222 e. The van der Waals surface area contributed by atoms with Crippen LogP contribution in [0, 0.1) is 5.92 Å². The molecule has 0 aromatic heterocycles. The molecule has 1 saturated heterocycles. The monoisotopic (exact) mass is 394 g/mol. The molecule has 1 saturated carbocycles. The number of carbonyl (C=O) groups excluding carboxylic acids is 2. The van der Waals surface area contributed by atoms with Crippen LogP contribution in [0.1, 0.15) is 38.5 Å². The minimum atomic E-state index is -0.921. The zero-order valence-electron chi connectivity index (χ0n) is 15.5. The Balaban J connectivity index is 1.61. The van der Waals surface area contributed by atoms with Crippen molar-refractivity contribution in [2.45, 2.75) is 44.1 Å². The highest BCUT2D eigenvalue weighted by atomic mass is 35.5. The molecule has 27 heavy (non-hydrogen) atoms. The lowest BCUT2D eigenvalue weighted by Crippen LogP contribution is -2.58. The maximum Gasteiger partial charge on any atom is 0.222 e. The lowest BCUT2D eigenvalue weighted by atomic mass is 9.82. The molecule has 1 aliphatic carbocycles. The highest BCUT2D eigenvalue weighted by Crippen LogP contribution is 2.31. The van der Waals surface area contributed by atoms with E-state index in [0.717, 1.165) is 6.42 Å². The van der Waals surface area contributed by atoms with E-state index in [1.165, 1.54) is 19.3 Å². The van der Waals surface area contributed by atoms with Crippen molar-refractivity contribution in [2.24, 2.45) is 11.7 Å². The normalized spacial score (nSPS) is 22.9. The minimum absolute atomic E-state index is 0.00694. The summed E-state index contributed by atoms with van der Waals surface area (Å²) in [7, 11) is 0. The van der Waals surface area contributed by atoms with Crippen LogP contribution < -0.4 is 10.5 Å². The Morgan fingerprint density at radius 1 is 1.30 bits per heavy atom. The predicted octanol–water partition coefficient (Wildman–Crippen LogP) is 2.77. The summed E-state index contributed by atoms with van der Waals surface area (Å²) in [5, 5.41) is 0.617. The summed E-state index contributed by atoms with van der Waals surface area (Å²) in [6.45, 7) is 1.36. The Hall–Kier alpha value is -1.79. The molecule has 2 N–H and O–H groups in total. The summed E-state index contributed by atoms with van der Waals surface area (Å²) in [5.74, 6) is 0.961. The molecular weight excluding hydrogens is 368 g/mol. The van der Waals surface area contributed by atoms with Crippen LogP contribution in [0.5, 0.6) is 5.75 Å². The van der Waals surface area contributed by atoms with Crippen LogP contribution in [-0.2, 0) is 14.3 Å². The fourth-order valence-corrected chi connectivity index (χ4v) is 3.76. The van der Waals surface area contributed by atoms with E-state index in [-0.39, 0.29) is 18.9 Å². The van der Waals surface area contributed by atoms with E-state index in [9.17, 15) is 9.59 Å². The third kappa shape index (κ3) is 5.59. The number of carbonyl (C=O) groups is 2. The zero-order valence-corrected chi connectivity index (χ0v) is 16.2. The molecule has 1 aromatic carbocycles. The lowest BCUT2D eigenvalue weighted by Gasteiger charge is -2.42. The number of rotatable bonds is 8. The first kappa shape index (κ1) is 20.0. The van der Waals surface area contributed by atoms with Crippen molar-refractivity contribution in [1.29, 1.82) is 0 Å². The molecule has 2 aliphatic rings. The fourth-order valence-electron chi connectivity index (χ4n) is 3.63. The van der Waals surface area contributed by atoms with Crippen molar-refractivity contribution < 1.29 is 19.1 Å². The third-order valence-electron chi connectivity index (χ3n) is 5.40. The molecule has 0 bridgehead atoms. The largest absolute Gasteiger partial charge is 0.490 e. The van der Waals surface area contributed by atoms with E-state index >= 15 is 0 Å². The molecule has 0 radical (unpaired) electrons. The molecule has 0 unspecified atom stereocenters. The maximum absolute atomic E-state index is 12.6. The number of nitrogens with zero attached hydrogens (tertiary/aromatic N) is 1. The molecule has 6 nitrogen and oxygen atoms in total. The van der Waals surface area contributed by atoms with Crippen LogP contribution >= 0.6 is 11.6 Å². The second kappa shape index (κ2) is 8.93. The van der Waals surface area contributed by atoms with Gasteiger partial charge < -0.3 is 20.1 Å². The molecule has 7 heteroatoms. The lowest BCUT2D eigenvalue weighted by molar-refractivity contribution is -0.162. The van der Waals surface area contributed by atoms with Crippen molar-refractivity contribution >= 4 is 23.4 Å². The van der Waals surface area contributed by atoms with Gasteiger partial charge in [0.05, 0.1) is 19.6 Å². The van der Waals surface area contributed by atoms with Crippen LogP contribution in [0.2, 0.25) is 5.02 Å². The first-order valence-electron chi connectivity index (χ1n) is 9.54. The summed E-state index contributed by atoms with van der Waals surface area (Å²) < 4.78 is 11.7. The van der Waals surface area contributed by atoms with Gasteiger partial charge >= 0.3 is 0 Å². The topological polar surface area (TPSA) is 81.9 Å². The first-order valence-corrected chi connectivity index (χ1v) is 9.92. The summed E-state index contributed by atoms with van der Waals surface area (Å²) in [6.07, 6.45) is 5.25. The summed E-state index contributed by atoms with van der Waals surface area (Å²) in [4.78, 5) is 26.0. The zero-order chi connectivity index (χ0) is 19.3. The average Bonchev–Trinajstić information content (AvgIpc) is 2.59. The molecule has 1 aromatic rings. The van der Waals surface area contributed by atoms with Gasteiger partial charge in [0.1, 0.15) is 18.0 Å². The quantitative estimate of drug-likeness (QED) is 0.735. The molecule has 1 aliphatic heterocycles. The van der Waals surface area contributed by atoms with E-state index in [0.29, 0.717) is 42.8 Å². The van der Waals surface area contributed by atoms with E-state index in [1.54, 1.807) is 29.2 Å². The second-order valence-corrected chi connectivity index (χ2v) is 8.00. The van der Waals surface area contributed by atoms with Crippen molar-refractivity contribution in [3.63, 3.8) is 0 Å². The molecular formula is C20H27ClN2O4. The number of morpholine rings is 1. The Morgan fingerprint density at radius 2 is 2.04 bits per heavy atom. The number of nitrogens with two attached hydrogens (primary N) is 1. The fraction of sp³-hybridized carbons (Fsp3) is 0.600. The Labute approximate surface area is 164 Å². The van der Waals surface area contributed by atoms with E-state index in [1.807, 2.05) is 0 Å². The molecule has 3 rings (SSSR count). The molecule has 1 atom stereocenters. The summed E-state index contributed by atoms with van der Waals surface area (Å²) in [6, 6.07) is 6.97. The Morgan fingerprint density at radius 3 is 2.67 bits per heavy atom. The van der Waals surface area contributed by atoms with Crippen LogP contribution in [0.15, 0.2) is 24.3 Å². The van der Waals surface area contributed by atoms with E-state index in [2.05, 4.69) is 0 Å². The second-order valence-electron chi connectivity index (χ2n) is 7.57. The molecule has 2 amide bonds. The third-order valence-corrected chi connectivity index (χ3v) is 5.66. The summed E-state index contributed by atoms with van der Waals surface area (Å²) >= 11 is 5.89. The van der Waals surface area contributed by atoms with Gasteiger partial charge in [-0.15, -0.1) is 0 Å². The van der Waals surface area contributed by atoms with Crippen LogP contribution in [0.25, 0.3) is 0 Å². The minimum Gasteiger partial charge on any atom is -0.490 e. The SMILES string of the molecule is NC(=O)C[C@@]1(COc2ccc(Cl)cc2)CN(C(=O)CCC2CCC2)CCO1. The van der Waals surface area contributed by atoms with Crippen LogP contribution in [0.3, 0.4) is 0 Å². The van der Waals surface area contributed by atoms with Gasteiger partial charge in [-0.3, -0.25) is 9.59 Å². The number of halogens is 1. The van der Waals surface area contributed by atoms with E-state index in [4.69, 9.17) is 26.8 Å². The van der Waals surface area contributed by atoms with Crippen molar-refractivity contribution in [3.05, 3.63) is 29.3 Å². The summed E-state index contributed by atoms with van der Waals surface area (Å²) in [5.41, 5.74) is 4.53. The van der Waals surface area contributed by atoms with Crippen LogP contribution in [0.4, 0.5) is 0 Å². The van der Waals surface area contributed by atoms with Gasteiger partial charge in [0.15, 0.2) is 0 Å². The van der Waals surface area contributed by atoms with Gasteiger partial charge in [-0.1, -0.05) is 30.9 Å². The number of ether oxygens (including phenoxy) is 2. The number of hydrogen-bond donors (Lipinski definition) is 1. The van der Waals surface area contributed by atoms with Gasteiger partial charge in [0.2, 0.25) is 11.8 Å². The number of hydrogen-bond acceptors (Lipinski definition) is 4. The molecule has 2 fully saturated rings. The predicted molar refractivity (Wildman–Crippen MR) is 103 cm³/mol. The van der Waals surface area contributed by atoms with Gasteiger partial charge in [0.25, 0.3) is 0 Å². The Kier molecular flexibility index (Phi) is 6.60. The van der Waals surface area contributed by atoms with Gasteiger partial charge in [-0.05, 0) is 36.6 Å². The van der Waals surface area contributed by atoms with Gasteiger partial charge in [-0.25, -0.2) is 0 Å². The number of primary amides is 1. The van der Waals surface area contributed by atoms with Gasteiger partial charge in [0, 0.05) is 18.0 Å². The Bertz CT molecular complexity index is 662. The highest BCUT2D eigenvalue weighted by Gasteiger charge is 2.41. The average molecular weight is 395 g/mol. The van der Waals surface area contributed by atoms with Crippen molar-refractivity contribution in [1.82, 2.24) is 4.90 Å². The highest BCUT2D eigenvalue weighted by molar-refractivity contribution is 6.30. The number of benzene rings is 1. The number of amides is 2. The van der Waals surface area contributed by atoms with Crippen LogP contribution in [-0.4, -0.2) is 48.6 Å². The van der Waals surface area contributed by atoms with Gasteiger partial charge in [-0.2, -0.15) is 0 Å². The first-order chi connectivity index (χ1) is 13.0. The van der Waals surface area contributed by atoms with Crippen molar-refractivity contribution in [2.75, 3.05) is 26.3 Å². The standard InChI is InChI=1S/C20H27ClN2O4/c21-16-5-7-17(8-6-16)26-14-20(12-18(22)24)13-23(10-11-27-20)19(25)9-4-15-2-1-3-15/h5-8,15H,1-4,9-14H2,(H2,22,24)/t20-/m0/s1. The maximum atomic E-state index is 12.6. The van der Waals surface area contributed by atoms with E-state index < -0.39 is 11.5 Å². The molecule has 1 heterocycles. The molecule has 148 valence electrons. The molecule has 0 spiro atoms. The van der Waals surface area contributed by atoms with Crippen molar-refractivity contribution in [3.8, 4) is 5.75 Å².